The van der Waals surface area contributed by atoms with E-state index >= 15 is 0 Å². The van der Waals surface area contributed by atoms with Gasteiger partial charge < -0.3 is 21.1 Å². The highest BCUT2D eigenvalue weighted by Crippen LogP contribution is 2.66. The third-order valence-electron chi connectivity index (χ3n) is 13.3. The molecule has 0 heterocycles. The van der Waals surface area contributed by atoms with Crippen LogP contribution in [0.3, 0.4) is 0 Å². The third-order valence-corrected chi connectivity index (χ3v) is 13.3. The molecule has 7 unspecified atom stereocenters. The topological polar surface area (TPSA) is 98.7 Å². The summed E-state index contributed by atoms with van der Waals surface area (Å²) in [5.41, 5.74) is 14.1. The van der Waals surface area contributed by atoms with Gasteiger partial charge in [-0.1, -0.05) is 58.6 Å². The lowest BCUT2D eigenvalue weighted by Gasteiger charge is -2.58. The summed E-state index contributed by atoms with van der Waals surface area (Å²) in [6.45, 7) is 19.1. The van der Waals surface area contributed by atoms with Crippen molar-refractivity contribution >= 4 is 11.9 Å². The summed E-state index contributed by atoms with van der Waals surface area (Å²) >= 11 is 0. The lowest BCUT2D eigenvalue weighted by molar-refractivity contribution is -0.153. The number of nitrogens with zero attached hydrogens (tertiary/aromatic N) is 1. The van der Waals surface area contributed by atoms with Gasteiger partial charge in [0.2, 0.25) is 5.91 Å². The van der Waals surface area contributed by atoms with Crippen molar-refractivity contribution in [1.29, 1.82) is 0 Å². The number of rotatable bonds is 16. The summed E-state index contributed by atoms with van der Waals surface area (Å²) in [5, 5.41) is 0. The molecule has 3 fully saturated rings. The highest BCUT2D eigenvalue weighted by molar-refractivity contribution is 5.81. The summed E-state index contributed by atoms with van der Waals surface area (Å²) in [5.74, 6) is 3.97. The van der Waals surface area contributed by atoms with Crippen molar-refractivity contribution in [1.82, 2.24) is 4.90 Å². The molecule has 270 valence electrons. The molecule has 7 atom stereocenters. The molecule has 3 saturated carbocycles. The highest BCUT2D eigenvalue weighted by Gasteiger charge is 2.58. The van der Waals surface area contributed by atoms with Gasteiger partial charge in [-0.15, -0.1) is 0 Å². The third kappa shape index (κ3) is 10.1. The van der Waals surface area contributed by atoms with Crippen LogP contribution in [0.15, 0.2) is 11.6 Å². The number of unbranched alkanes of at least 4 members (excludes halogenated alkanes) is 1. The minimum absolute atomic E-state index is 0.00675. The average Bonchev–Trinajstić information content (AvgIpc) is 3.31. The van der Waals surface area contributed by atoms with E-state index in [1.807, 2.05) is 32.6 Å². The van der Waals surface area contributed by atoms with Gasteiger partial charge in [0, 0.05) is 37.0 Å². The highest BCUT2D eigenvalue weighted by atomic mass is 16.5. The second kappa shape index (κ2) is 15.7. The van der Waals surface area contributed by atoms with Crippen molar-refractivity contribution in [2.24, 2.45) is 51.9 Å². The van der Waals surface area contributed by atoms with Gasteiger partial charge >= 0.3 is 5.97 Å². The van der Waals surface area contributed by atoms with Gasteiger partial charge in [0.05, 0.1) is 6.42 Å². The minimum Gasteiger partial charge on any atom is -0.462 e. The van der Waals surface area contributed by atoms with Crippen LogP contribution in [0.5, 0.6) is 0 Å². The largest absolute Gasteiger partial charge is 0.462 e. The molecule has 0 bridgehead atoms. The second-order valence-corrected chi connectivity index (χ2v) is 18.8. The Hall–Kier alpha value is -1.40. The quantitative estimate of drug-likeness (QED) is 0.0983. The molecule has 6 nitrogen and oxygen atoms in total. The number of amides is 1. The number of ether oxygens (including phenoxy) is 1. The van der Waals surface area contributed by atoms with E-state index in [1.54, 1.807) is 5.57 Å². The number of hydrogen-bond donors (Lipinski definition) is 2. The van der Waals surface area contributed by atoms with Gasteiger partial charge in [-0.05, 0) is 139 Å². The van der Waals surface area contributed by atoms with Crippen molar-refractivity contribution < 1.29 is 14.3 Å². The van der Waals surface area contributed by atoms with E-state index in [2.05, 4.69) is 33.8 Å². The Morgan fingerprint density at radius 1 is 0.915 bits per heavy atom. The molecule has 0 aromatic heterocycles. The summed E-state index contributed by atoms with van der Waals surface area (Å²) < 4.78 is 6.07. The van der Waals surface area contributed by atoms with Crippen LogP contribution in [0.25, 0.3) is 0 Å². The molecule has 0 aliphatic heterocycles. The van der Waals surface area contributed by atoms with Crippen molar-refractivity contribution in [3.8, 4) is 0 Å². The van der Waals surface area contributed by atoms with E-state index in [0.29, 0.717) is 24.9 Å². The Bertz CT molecular complexity index is 1090. The maximum Gasteiger partial charge on any atom is 0.306 e. The lowest BCUT2D eigenvalue weighted by atomic mass is 9.47. The molecular weight excluding hydrogens is 582 g/mol. The predicted octanol–water partition coefficient (Wildman–Crippen LogP) is 8.95. The number of allylic oxidation sites excluding steroid dienone is 1. The zero-order chi connectivity index (χ0) is 34.6. The predicted molar refractivity (Wildman–Crippen MR) is 195 cm³/mol. The number of carbonyl (C=O) groups excluding carboxylic acids is 2. The molecule has 4 rings (SSSR count). The van der Waals surface area contributed by atoms with E-state index in [4.69, 9.17) is 16.2 Å². The molecule has 1 amide bonds. The fourth-order valence-corrected chi connectivity index (χ4v) is 10.4. The maximum atomic E-state index is 13.2. The molecule has 0 radical (unpaired) electrons. The summed E-state index contributed by atoms with van der Waals surface area (Å²) in [7, 11) is 0. The van der Waals surface area contributed by atoms with Crippen molar-refractivity contribution in [2.75, 3.05) is 13.1 Å². The summed E-state index contributed by atoms with van der Waals surface area (Å²) in [4.78, 5) is 28.1. The van der Waals surface area contributed by atoms with Crippen molar-refractivity contribution in [3.05, 3.63) is 11.6 Å². The normalized spacial score (nSPS) is 32.3. The fraction of sp³-hybridized carbons (Fsp3) is 0.902. The van der Waals surface area contributed by atoms with Crippen LogP contribution in [0.4, 0.5) is 0 Å². The zero-order valence-corrected chi connectivity index (χ0v) is 31.8. The standard InChI is InChI=1S/C41H73N3O3/c1-29(2)12-9-10-13-30-15-17-34-33-16-14-31-28-32(20-23-41(31,8)35(33)21-24-40(30,34)7)47-37(46)19-18-36(45)44(27-25-39(5,6)43)26-11-22-38(3,4)42/h14,29-30,32-35H,9-13,15-28,42-43H2,1-8H3. The van der Waals surface area contributed by atoms with Gasteiger partial charge in [0.25, 0.3) is 0 Å². The number of hydrogen-bond acceptors (Lipinski definition) is 5. The summed E-state index contributed by atoms with van der Waals surface area (Å²) in [6.07, 6.45) is 20.6. The van der Waals surface area contributed by atoms with E-state index in [1.165, 1.54) is 57.8 Å². The number of nitrogens with two attached hydrogens (primary N) is 2. The molecule has 0 aromatic rings. The van der Waals surface area contributed by atoms with Crippen molar-refractivity contribution in [3.63, 3.8) is 0 Å². The van der Waals surface area contributed by atoms with Crippen LogP contribution in [0, 0.1) is 40.4 Å². The maximum absolute atomic E-state index is 13.2. The van der Waals surface area contributed by atoms with Crippen LogP contribution in [-0.4, -0.2) is 47.0 Å². The van der Waals surface area contributed by atoms with Gasteiger partial charge in [-0.3, -0.25) is 9.59 Å². The van der Waals surface area contributed by atoms with Crippen LogP contribution in [0.1, 0.15) is 165 Å². The van der Waals surface area contributed by atoms with Gasteiger partial charge in [-0.25, -0.2) is 0 Å². The average molecular weight is 656 g/mol. The number of carbonyl (C=O) groups is 2. The SMILES string of the molecule is CC(C)CCCCC1CCC2C3CC=C4CC(OC(=O)CCC(=O)N(CCCC(C)(C)N)CCC(C)(C)N)CCC4(C)C3CCC12C. The second-order valence-electron chi connectivity index (χ2n) is 18.8. The number of esters is 1. The number of fused-ring (bicyclic) bond motifs is 5. The molecule has 4 aliphatic carbocycles. The first kappa shape index (κ1) is 38.4. The van der Waals surface area contributed by atoms with Crippen LogP contribution in [-0.2, 0) is 14.3 Å². The van der Waals surface area contributed by atoms with Crippen LogP contribution >= 0.6 is 0 Å². The van der Waals surface area contributed by atoms with E-state index in [0.717, 1.165) is 61.7 Å². The molecule has 6 heteroatoms. The van der Waals surface area contributed by atoms with Crippen LogP contribution < -0.4 is 11.5 Å². The first-order chi connectivity index (χ1) is 21.9. The van der Waals surface area contributed by atoms with E-state index in [-0.39, 0.29) is 47.3 Å². The first-order valence-corrected chi connectivity index (χ1v) is 19.7. The van der Waals surface area contributed by atoms with Gasteiger partial charge in [0.1, 0.15) is 6.10 Å². The Balaban J connectivity index is 1.28. The molecular formula is C41H73N3O3. The van der Waals surface area contributed by atoms with Crippen LogP contribution in [0.2, 0.25) is 0 Å². The lowest BCUT2D eigenvalue weighted by Crippen LogP contribution is -2.50. The monoisotopic (exact) mass is 656 g/mol. The minimum atomic E-state index is -0.350. The smallest absolute Gasteiger partial charge is 0.306 e. The Morgan fingerprint density at radius 2 is 1.64 bits per heavy atom. The molecule has 0 spiro atoms. The molecule has 0 aromatic carbocycles. The summed E-state index contributed by atoms with van der Waals surface area (Å²) in [6, 6.07) is 0. The Morgan fingerprint density at radius 3 is 2.32 bits per heavy atom. The Labute approximate surface area is 289 Å². The molecule has 4 aliphatic rings. The Kier molecular flexibility index (Phi) is 12.8. The van der Waals surface area contributed by atoms with E-state index in [9.17, 15) is 9.59 Å². The zero-order valence-electron chi connectivity index (χ0n) is 31.8. The van der Waals surface area contributed by atoms with Gasteiger partial charge in [0.15, 0.2) is 0 Å². The van der Waals surface area contributed by atoms with E-state index < -0.39 is 0 Å². The van der Waals surface area contributed by atoms with Crippen molar-refractivity contribution in [2.45, 2.75) is 182 Å². The molecule has 47 heavy (non-hydrogen) atoms. The molecule has 0 saturated heterocycles. The van der Waals surface area contributed by atoms with Gasteiger partial charge in [-0.2, -0.15) is 0 Å². The fourth-order valence-electron chi connectivity index (χ4n) is 10.4. The molecule has 4 N–H and O–H groups in total. The first-order valence-electron chi connectivity index (χ1n) is 19.7.